The fourth-order valence-corrected chi connectivity index (χ4v) is 3.23. The van der Waals surface area contributed by atoms with E-state index in [-0.39, 0.29) is 11.8 Å². The highest BCUT2D eigenvalue weighted by molar-refractivity contribution is 7.71. The van der Waals surface area contributed by atoms with Gasteiger partial charge in [-0.3, -0.25) is 14.5 Å². The minimum absolute atomic E-state index is 0.104. The molecular weight excluding hydrogens is 366 g/mol. The van der Waals surface area contributed by atoms with Crippen LogP contribution in [0.2, 0.25) is 0 Å². The van der Waals surface area contributed by atoms with Crippen LogP contribution in [0, 0.1) is 4.84 Å². The molecule has 1 saturated heterocycles. The Morgan fingerprint density at radius 1 is 1.37 bits per heavy atom. The zero-order valence-electron chi connectivity index (χ0n) is 15.5. The first-order chi connectivity index (χ1) is 13.0. The summed E-state index contributed by atoms with van der Waals surface area (Å²) in [5.74, 6) is 0.481. The van der Waals surface area contributed by atoms with Gasteiger partial charge in [0.25, 0.3) is 10.7 Å². The zero-order valence-corrected chi connectivity index (χ0v) is 16.3. The molecule has 1 aliphatic heterocycles. The summed E-state index contributed by atoms with van der Waals surface area (Å²) < 4.78 is 7.15. The fourth-order valence-electron chi connectivity index (χ4n) is 3.03. The maximum atomic E-state index is 11.7. The Labute approximate surface area is 162 Å². The number of benzene rings is 1. The van der Waals surface area contributed by atoms with Gasteiger partial charge >= 0.3 is 0 Å². The SMILES string of the molecule is CNC(=O)c1ccc(CN(C)Cn2nc(CN3CCCC3=O)oc2=S)cc1. The number of aromatic nitrogens is 2. The molecule has 1 aromatic heterocycles. The number of likely N-dealkylation sites (tertiary alicyclic amines) is 1. The highest BCUT2D eigenvalue weighted by Gasteiger charge is 2.22. The van der Waals surface area contributed by atoms with E-state index in [4.69, 9.17) is 16.6 Å². The summed E-state index contributed by atoms with van der Waals surface area (Å²) in [6.45, 7) is 2.23. The van der Waals surface area contributed by atoms with Crippen molar-refractivity contribution in [3.63, 3.8) is 0 Å². The lowest BCUT2D eigenvalue weighted by molar-refractivity contribution is -0.128. The van der Waals surface area contributed by atoms with E-state index in [1.807, 2.05) is 24.1 Å². The summed E-state index contributed by atoms with van der Waals surface area (Å²) in [7, 11) is 3.56. The predicted molar refractivity (Wildman–Crippen MR) is 101 cm³/mol. The van der Waals surface area contributed by atoms with E-state index in [0.29, 0.717) is 42.5 Å². The summed E-state index contributed by atoms with van der Waals surface area (Å²) >= 11 is 5.24. The molecule has 0 radical (unpaired) electrons. The van der Waals surface area contributed by atoms with Gasteiger partial charge in [0, 0.05) is 32.1 Å². The van der Waals surface area contributed by atoms with E-state index in [2.05, 4.69) is 10.4 Å². The lowest BCUT2D eigenvalue weighted by Gasteiger charge is -2.16. The molecule has 2 heterocycles. The third kappa shape index (κ3) is 4.81. The van der Waals surface area contributed by atoms with Gasteiger partial charge in [0.1, 0.15) is 0 Å². The van der Waals surface area contributed by atoms with Gasteiger partial charge in [-0.25, -0.2) is 4.68 Å². The van der Waals surface area contributed by atoms with Crippen molar-refractivity contribution in [1.29, 1.82) is 0 Å². The van der Waals surface area contributed by atoms with Gasteiger partial charge in [0.05, 0.1) is 13.2 Å². The summed E-state index contributed by atoms with van der Waals surface area (Å²) in [5.41, 5.74) is 1.70. The molecule has 9 heteroatoms. The molecule has 1 aromatic carbocycles. The van der Waals surface area contributed by atoms with Crippen LogP contribution in [0.1, 0.15) is 34.7 Å². The molecule has 2 aromatic rings. The quantitative estimate of drug-likeness (QED) is 0.727. The largest absolute Gasteiger partial charge is 0.412 e. The minimum atomic E-state index is -0.104. The Hall–Kier alpha value is -2.52. The van der Waals surface area contributed by atoms with Crippen LogP contribution in [0.15, 0.2) is 28.7 Å². The molecule has 2 amide bonds. The molecule has 8 nitrogen and oxygen atoms in total. The molecule has 1 fully saturated rings. The summed E-state index contributed by atoms with van der Waals surface area (Å²) in [6, 6.07) is 7.45. The van der Waals surface area contributed by atoms with Crippen molar-refractivity contribution in [3.8, 4) is 0 Å². The number of carbonyl (C=O) groups excluding carboxylic acids is 2. The van der Waals surface area contributed by atoms with E-state index in [1.54, 1.807) is 28.8 Å². The van der Waals surface area contributed by atoms with Crippen LogP contribution < -0.4 is 5.32 Å². The van der Waals surface area contributed by atoms with Crippen molar-refractivity contribution in [2.45, 2.75) is 32.6 Å². The fraction of sp³-hybridized carbons (Fsp3) is 0.444. The number of nitrogens with one attached hydrogen (secondary N) is 1. The topological polar surface area (TPSA) is 83.6 Å². The van der Waals surface area contributed by atoms with Crippen LogP contribution in [0.4, 0.5) is 0 Å². The van der Waals surface area contributed by atoms with Gasteiger partial charge in [0.15, 0.2) is 0 Å². The smallest absolute Gasteiger partial charge is 0.288 e. The van der Waals surface area contributed by atoms with Gasteiger partial charge in [-0.05, 0) is 43.4 Å². The van der Waals surface area contributed by atoms with Crippen molar-refractivity contribution in [1.82, 2.24) is 24.9 Å². The van der Waals surface area contributed by atoms with Gasteiger partial charge < -0.3 is 14.6 Å². The number of hydrogen-bond acceptors (Lipinski definition) is 6. The van der Waals surface area contributed by atoms with Crippen LogP contribution in [-0.2, 0) is 24.6 Å². The molecule has 0 unspecified atom stereocenters. The lowest BCUT2D eigenvalue weighted by Crippen LogP contribution is -2.25. The first-order valence-electron chi connectivity index (χ1n) is 8.80. The molecule has 144 valence electrons. The average Bonchev–Trinajstić information content (AvgIpc) is 3.20. The first kappa shape index (κ1) is 19.2. The summed E-state index contributed by atoms with van der Waals surface area (Å²) in [5, 5.41) is 7.00. The Bertz CT molecular complexity index is 874. The van der Waals surface area contributed by atoms with Crippen molar-refractivity contribution >= 4 is 24.0 Å². The van der Waals surface area contributed by atoms with E-state index in [1.165, 1.54) is 0 Å². The van der Waals surface area contributed by atoms with Crippen LogP contribution >= 0.6 is 12.2 Å². The normalized spacial score (nSPS) is 14.2. The molecular formula is C18H23N5O3S. The standard InChI is InChI=1S/C18H23N5O3S/c1-19-17(25)14-7-5-13(6-8-14)10-21(2)12-23-18(27)26-15(20-23)11-22-9-3-4-16(22)24/h5-8H,3-4,9-12H2,1-2H3,(H,19,25). The maximum Gasteiger partial charge on any atom is 0.288 e. The molecule has 1 aliphatic rings. The lowest BCUT2D eigenvalue weighted by atomic mass is 10.1. The summed E-state index contributed by atoms with van der Waals surface area (Å²) in [4.78, 5) is 27.4. The van der Waals surface area contributed by atoms with Crippen LogP contribution in [0.3, 0.4) is 0 Å². The van der Waals surface area contributed by atoms with Crippen LogP contribution in [-0.4, -0.2) is 52.0 Å². The summed E-state index contributed by atoms with van der Waals surface area (Å²) in [6.07, 6.45) is 1.46. The van der Waals surface area contributed by atoms with Gasteiger partial charge in [-0.1, -0.05) is 12.1 Å². The first-order valence-corrected chi connectivity index (χ1v) is 9.21. The van der Waals surface area contributed by atoms with E-state index in [0.717, 1.165) is 18.5 Å². The van der Waals surface area contributed by atoms with E-state index in [9.17, 15) is 9.59 Å². The Morgan fingerprint density at radius 2 is 2.11 bits per heavy atom. The molecule has 0 aliphatic carbocycles. The molecule has 0 saturated carbocycles. The molecule has 0 bridgehead atoms. The van der Waals surface area contributed by atoms with Gasteiger partial charge in [-0.15, -0.1) is 5.10 Å². The molecule has 27 heavy (non-hydrogen) atoms. The second kappa shape index (κ2) is 8.45. The Kier molecular flexibility index (Phi) is 6.02. The van der Waals surface area contributed by atoms with Crippen molar-refractivity contribution < 1.29 is 14.0 Å². The highest BCUT2D eigenvalue weighted by atomic mass is 32.1. The van der Waals surface area contributed by atoms with Crippen molar-refractivity contribution in [3.05, 3.63) is 46.1 Å². The molecule has 0 spiro atoms. The minimum Gasteiger partial charge on any atom is -0.412 e. The van der Waals surface area contributed by atoms with Gasteiger partial charge in [-0.2, -0.15) is 0 Å². The number of nitrogens with zero attached hydrogens (tertiary/aromatic N) is 4. The van der Waals surface area contributed by atoms with E-state index < -0.39 is 0 Å². The second-order valence-electron chi connectivity index (χ2n) is 6.61. The highest BCUT2D eigenvalue weighted by Crippen LogP contribution is 2.14. The third-order valence-electron chi connectivity index (χ3n) is 4.42. The van der Waals surface area contributed by atoms with Crippen LogP contribution in [0.5, 0.6) is 0 Å². The number of rotatable bonds is 7. The number of hydrogen-bond donors (Lipinski definition) is 1. The molecule has 1 N–H and O–H groups in total. The Morgan fingerprint density at radius 3 is 2.74 bits per heavy atom. The Balaban J connectivity index is 1.59. The second-order valence-corrected chi connectivity index (χ2v) is 6.96. The van der Waals surface area contributed by atoms with Crippen molar-refractivity contribution in [2.75, 3.05) is 20.6 Å². The monoisotopic (exact) mass is 389 g/mol. The number of amides is 2. The van der Waals surface area contributed by atoms with Crippen LogP contribution in [0.25, 0.3) is 0 Å². The van der Waals surface area contributed by atoms with E-state index >= 15 is 0 Å². The molecule has 0 atom stereocenters. The third-order valence-corrected chi connectivity index (χ3v) is 4.71. The van der Waals surface area contributed by atoms with Crippen molar-refractivity contribution in [2.24, 2.45) is 0 Å². The number of carbonyl (C=O) groups is 2. The van der Waals surface area contributed by atoms with Gasteiger partial charge in [0.2, 0.25) is 11.8 Å². The molecule has 3 rings (SSSR count). The zero-order chi connectivity index (χ0) is 19.4. The predicted octanol–water partition coefficient (Wildman–Crippen LogP) is 1.78. The maximum absolute atomic E-state index is 11.7. The average molecular weight is 389 g/mol.